The second-order valence-corrected chi connectivity index (χ2v) is 10.2. The highest BCUT2D eigenvalue weighted by atomic mass is 16.5. The number of carbonyl (C=O) groups excluding carboxylic acids is 2. The highest BCUT2D eigenvalue weighted by Gasteiger charge is 2.31. The first kappa shape index (κ1) is 23.2. The molecule has 2 aromatic carbocycles. The summed E-state index contributed by atoms with van der Waals surface area (Å²) in [6, 6.07) is 14.2. The molecule has 0 atom stereocenters. The lowest BCUT2D eigenvalue weighted by Crippen LogP contribution is -2.41. The lowest BCUT2D eigenvalue weighted by molar-refractivity contribution is -0.131. The molecular formula is C30H32N2O4. The number of fused-ring (bicyclic) bond motifs is 5. The molecule has 2 fully saturated rings. The van der Waals surface area contributed by atoms with Crippen molar-refractivity contribution in [2.24, 2.45) is 0 Å². The number of nitrogens with zero attached hydrogens (tertiary/aromatic N) is 2. The molecule has 1 aliphatic carbocycles. The van der Waals surface area contributed by atoms with E-state index in [9.17, 15) is 14.7 Å². The fraction of sp³-hybridized carbons (Fsp3) is 0.400. The number of morpholine rings is 1. The first-order valence-electron chi connectivity index (χ1n) is 13.1. The zero-order valence-corrected chi connectivity index (χ0v) is 20.5. The fourth-order valence-corrected chi connectivity index (χ4v) is 6.24. The van der Waals surface area contributed by atoms with Crippen LogP contribution in [0.1, 0.15) is 59.5 Å². The average Bonchev–Trinajstić information content (AvgIpc) is 3.15. The molecule has 1 aromatic heterocycles. The minimum atomic E-state index is -0.516. The van der Waals surface area contributed by atoms with E-state index in [-0.39, 0.29) is 11.7 Å². The zero-order valence-electron chi connectivity index (χ0n) is 20.5. The van der Waals surface area contributed by atoms with Crippen LogP contribution in [0, 0.1) is 0 Å². The summed E-state index contributed by atoms with van der Waals surface area (Å²) < 4.78 is 7.73. The standard InChI is InChI=1S/C30H32N2O4/c33-19-27(34)22-10-11-25-26(17-22)32-18-23(30(35)31-12-14-36-15-13-31)16-21-8-4-5-9-24(21)29(32)28(25)20-6-2-1-3-7-20/h4-5,8-11,16-17,20,33H,1-3,6-7,12-15,18-19H2. The maximum atomic E-state index is 13.7. The molecule has 2 aliphatic heterocycles. The Labute approximate surface area is 211 Å². The van der Waals surface area contributed by atoms with Gasteiger partial charge >= 0.3 is 0 Å². The predicted molar refractivity (Wildman–Crippen MR) is 140 cm³/mol. The van der Waals surface area contributed by atoms with E-state index in [0.717, 1.165) is 40.4 Å². The zero-order chi connectivity index (χ0) is 24.6. The first-order valence-corrected chi connectivity index (χ1v) is 13.1. The second kappa shape index (κ2) is 9.68. The van der Waals surface area contributed by atoms with Gasteiger partial charge in [-0.1, -0.05) is 55.7 Å². The monoisotopic (exact) mass is 484 g/mol. The van der Waals surface area contributed by atoms with Gasteiger partial charge in [0.2, 0.25) is 0 Å². The van der Waals surface area contributed by atoms with Gasteiger partial charge in [-0.05, 0) is 42.0 Å². The minimum Gasteiger partial charge on any atom is -0.388 e. The summed E-state index contributed by atoms with van der Waals surface area (Å²) in [6.45, 7) is 2.24. The maximum absolute atomic E-state index is 13.7. The first-order chi connectivity index (χ1) is 17.7. The second-order valence-electron chi connectivity index (χ2n) is 10.2. The molecule has 0 radical (unpaired) electrons. The highest BCUT2D eigenvalue weighted by Crippen LogP contribution is 2.46. The van der Waals surface area contributed by atoms with Crippen LogP contribution in [-0.4, -0.2) is 59.2 Å². The third kappa shape index (κ3) is 3.98. The maximum Gasteiger partial charge on any atom is 0.251 e. The van der Waals surface area contributed by atoms with Gasteiger partial charge in [-0.25, -0.2) is 0 Å². The number of benzene rings is 2. The van der Waals surface area contributed by atoms with Crippen molar-refractivity contribution >= 4 is 28.7 Å². The van der Waals surface area contributed by atoms with Crippen molar-refractivity contribution in [2.75, 3.05) is 32.9 Å². The molecule has 0 bridgehead atoms. The van der Waals surface area contributed by atoms with E-state index < -0.39 is 6.61 Å². The number of hydrogen-bond donors (Lipinski definition) is 1. The Morgan fingerprint density at radius 3 is 2.56 bits per heavy atom. The van der Waals surface area contributed by atoms with E-state index in [1.807, 2.05) is 23.1 Å². The van der Waals surface area contributed by atoms with Gasteiger partial charge in [0.05, 0.1) is 25.5 Å². The molecule has 3 aromatic rings. The molecule has 1 N–H and O–H groups in total. The van der Waals surface area contributed by atoms with E-state index in [0.29, 0.717) is 44.3 Å². The number of hydrogen-bond acceptors (Lipinski definition) is 4. The summed E-state index contributed by atoms with van der Waals surface area (Å²) >= 11 is 0. The SMILES string of the molecule is O=C(CO)c1ccc2c(C3CCCCC3)c3n(c2c1)CC(C(=O)N1CCOCC1)=Cc1ccccc1-3. The van der Waals surface area contributed by atoms with Crippen molar-refractivity contribution in [1.82, 2.24) is 9.47 Å². The molecule has 1 amide bonds. The number of aliphatic hydroxyl groups is 1. The average molecular weight is 485 g/mol. The summed E-state index contributed by atoms with van der Waals surface area (Å²) in [5.74, 6) is 0.201. The molecule has 1 saturated heterocycles. The lowest BCUT2D eigenvalue weighted by atomic mass is 9.81. The Bertz CT molecular complexity index is 1360. The van der Waals surface area contributed by atoms with E-state index in [1.54, 1.807) is 0 Å². The van der Waals surface area contributed by atoms with Crippen LogP contribution in [0.4, 0.5) is 0 Å². The normalized spacial score (nSPS) is 18.4. The molecule has 0 spiro atoms. The molecule has 36 heavy (non-hydrogen) atoms. The van der Waals surface area contributed by atoms with E-state index in [2.05, 4.69) is 34.9 Å². The van der Waals surface area contributed by atoms with Crippen molar-refractivity contribution in [3.63, 3.8) is 0 Å². The Morgan fingerprint density at radius 2 is 1.78 bits per heavy atom. The molecular weight excluding hydrogens is 452 g/mol. The largest absolute Gasteiger partial charge is 0.388 e. The summed E-state index contributed by atoms with van der Waals surface area (Å²) in [7, 11) is 0. The highest BCUT2D eigenvalue weighted by molar-refractivity contribution is 6.05. The number of rotatable bonds is 4. The van der Waals surface area contributed by atoms with Gasteiger partial charge in [0.1, 0.15) is 6.61 Å². The van der Waals surface area contributed by atoms with Gasteiger partial charge in [0.15, 0.2) is 5.78 Å². The molecule has 1 saturated carbocycles. The van der Waals surface area contributed by atoms with Crippen LogP contribution in [0.5, 0.6) is 0 Å². The van der Waals surface area contributed by atoms with Crippen molar-refractivity contribution in [3.05, 3.63) is 64.7 Å². The summed E-state index contributed by atoms with van der Waals surface area (Å²) in [5.41, 5.74) is 6.91. The van der Waals surface area contributed by atoms with Crippen molar-refractivity contribution in [1.29, 1.82) is 0 Å². The number of carbonyl (C=O) groups is 2. The number of ether oxygens (including phenoxy) is 1. The van der Waals surface area contributed by atoms with E-state index >= 15 is 0 Å². The van der Waals surface area contributed by atoms with Crippen LogP contribution in [0.25, 0.3) is 28.2 Å². The molecule has 6 rings (SSSR count). The summed E-state index contributed by atoms with van der Waals surface area (Å²) in [6.07, 6.45) is 8.07. The Kier molecular flexibility index (Phi) is 6.23. The van der Waals surface area contributed by atoms with Gasteiger partial charge < -0.3 is 19.3 Å². The van der Waals surface area contributed by atoms with Crippen LogP contribution in [0.15, 0.2) is 48.0 Å². The van der Waals surface area contributed by atoms with Crippen molar-refractivity contribution < 1.29 is 19.4 Å². The van der Waals surface area contributed by atoms with Gasteiger partial charge in [-0.3, -0.25) is 9.59 Å². The topological polar surface area (TPSA) is 71.8 Å². The van der Waals surface area contributed by atoms with Crippen LogP contribution >= 0.6 is 0 Å². The van der Waals surface area contributed by atoms with Gasteiger partial charge in [0.25, 0.3) is 5.91 Å². The quantitative estimate of drug-likeness (QED) is 0.541. The molecule has 3 aliphatic rings. The molecule has 0 unspecified atom stereocenters. The molecule has 3 heterocycles. The smallest absolute Gasteiger partial charge is 0.251 e. The predicted octanol–water partition coefficient (Wildman–Crippen LogP) is 4.79. The number of ketones is 1. The minimum absolute atomic E-state index is 0.0459. The third-order valence-electron chi connectivity index (χ3n) is 8.03. The fourth-order valence-electron chi connectivity index (χ4n) is 6.24. The van der Waals surface area contributed by atoms with Crippen molar-refractivity contribution in [2.45, 2.75) is 44.6 Å². The number of Topliss-reactive ketones (excluding diaryl/α,β-unsaturated/α-hetero) is 1. The Morgan fingerprint density at radius 1 is 1.00 bits per heavy atom. The Balaban J connectivity index is 1.58. The lowest BCUT2D eigenvalue weighted by Gasteiger charge is -2.28. The van der Waals surface area contributed by atoms with Crippen LogP contribution < -0.4 is 0 Å². The number of aliphatic hydroxyl groups excluding tert-OH is 1. The third-order valence-corrected chi connectivity index (χ3v) is 8.03. The molecule has 186 valence electrons. The van der Waals surface area contributed by atoms with E-state index in [4.69, 9.17) is 4.74 Å². The van der Waals surface area contributed by atoms with Crippen LogP contribution in [0.3, 0.4) is 0 Å². The molecule has 6 nitrogen and oxygen atoms in total. The molecule has 6 heteroatoms. The van der Waals surface area contributed by atoms with Gasteiger partial charge in [-0.2, -0.15) is 0 Å². The number of aromatic nitrogens is 1. The Hall–Kier alpha value is -3.22. The number of amides is 1. The van der Waals surface area contributed by atoms with Gasteiger partial charge in [-0.15, -0.1) is 0 Å². The summed E-state index contributed by atoms with van der Waals surface area (Å²) in [4.78, 5) is 28.0. The van der Waals surface area contributed by atoms with Gasteiger partial charge in [0, 0.05) is 40.7 Å². The summed E-state index contributed by atoms with van der Waals surface area (Å²) in [5, 5.41) is 10.7. The van der Waals surface area contributed by atoms with E-state index in [1.165, 1.54) is 30.5 Å². The van der Waals surface area contributed by atoms with Crippen molar-refractivity contribution in [3.8, 4) is 11.3 Å². The van der Waals surface area contributed by atoms with Crippen LogP contribution in [-0.2, 0) is 16.1 Å². The van der Waals surface area contributed by atoms with Crippen LogP contribution in [0.2, 0.25) is 0 Å².